The first-order valence-corrected chi connectivity index (χ1v) is 8.19. The van der Waals surface area contributed by atoms with Gasteiger partial charge in [0.05, 0.1) is 19.1 Å². The van der Waals surface area contributed by atoms with E-state index in [9.17, 15) is 4.79 Å². The van der Waals surface area contributed by atoms with Crippen LogP contribution in [0.1, 0.15) is 16.4 Å². The molecule has 0 saturated heterocycles. The van der Waals surface area contributed by atoms with Crippen molar-refractivity contribution in [2.75, 3.05) is 12.4 Å². The summed E-state index contributed by atoms with van der Waals surface area (Å²) in [5.74, 6) is 1.14. The molecule has 1 aromatic carbocycles. The summed E-state index contributed by atoms with van der Waals surface area (Å²) in [7, 11) is 1.55. The Morgan fingerprint density at radius 1 is 1.32 bits per heavy atom. The van der Waals surface area contributed by atoms with Gasteiger partial charge >= 0.3 is 0 Å². The summed E-state index contributed by atoms with van der Waals surface area (Å²) >= 11 is 1.42. The Morgan fingerprint density at radius 3 is 2.92 bits per heavy atom. The van der Waals surface area contributed by atoms with Crippen molar-refractivity contribution in [2.24, 2.45) is 0 Å². The van der Waals surface area contributed by atoms with E-state index in [0.29, 0.717) is 16.4 Å². The topological polar surface area (TPSA) is 94.5 Å². The molecule has 0 bridgehead atoms. The van der Waals surface area contributed by atoms with Crippen molar-refractivity contribution in [3.63, 3.8) is 0 Å². The number of carbonyl (C=O) groups excluding carboxylic acids is 1. The first-order valence-electron chi connectivity index (χ1n) is 7.38. The molecule has 8 nitrogen and oxygen atoms in total. The molecule has 0 aliphatic heterocycles. The first kappa shape index (κ1) is 15.3. The van der Waals surface area contributed by atoms with Crippen molar-refractivity contribution in [3.05, 3.63) is 48.2 Å². The Morgan fingerprint density at radius 2 is 2.20 bits per heavy atom. The Bertz CT molecular complexity index is 1050. The van der Waals surface area contributed by atoms with Crippen LogP contribution in [0.2, 0.25) is 0 Å². The van der Waals surface area contributed by atoms with Crippen LogP contribution < -0.4 is 10.1 Å². The summed E-state index contributed by atoms with van der Waals surface area (Å²) in [5.41, 5.74) is 1.37. The van der Waals surface area contributed by atoms with Gasteiger partial charge in [0.25, 0.3) is 5.91 Å². The minimum absolute atomic E-state index is 0.224. The second-order valence-electron chi connectivity index (χ2n) is 5.20. The van der Waals surface area contributed by atoms with Crippen LogP contribution in [0, 0.1) is 6.92 Å². The first-order chi connectivity index (χ1) is 12.2. The van der Waals surface area contributed by atoms with Gasteiger partial charge in [0, 0.05) is 5.56 Å². The third-order valence-electron chi connectivity index (χ3n) is 3.59. The minimum atomic E-state index is -0.352. The molecule has 1 N–H and O–H groups in total. The average molecular weight is 355 g/mol. The highest BCUT2D eigenvalue weighted by molar-refractivity contribution is 7.19. The van der Waals surface area contributed by atoms with Crippen molar-refractivity contribution >= 4 is 27.9 Å². The molecular weight excluding hydrogens is 342 g/mol. The number of furan rings is 1. The van der Waals surface area contributed by atoms with Crippen molar-refractivity contribution in [3.8, 4) is 16.3 Å². The standard InChI is InChI=1S/C16H13N5O3S/c1-9-18-19-16-21(9)20-15(25-16)10-5-6-12(23-2)11(8-10)17-14(22)13-4-3-7-24-13/h3-8H,1-2H3,(H,17,22). The summed E-state index contributed by atoms with van der Waals surface area (Å²) in [6, 6.07) is 8.72. The van der Waals surface area contributed by atoms with Crippen molar-refractivity contribution < 1.29 is 13.9 Å². The van der Waals surface area contributed by atoms with Gasteiger partial charge in [-0.2, -0.15) is 9.61 Å². The minimum Gasteiger partial charge on any atom is -0.495 e. The van der Waals surface area contributed by atoms with Crippen LogP contribution in [-0.4, -0.2) is 32.8 Å². The van der Waals surface area contributed by atoms with E-state index < -0.39 is 0 Å². The van der Waals surface area contributed by atoms with E-state index in [-0.39, 0.29) is 11.7 Å². The Hall–Kier alpha value is -3.20. The lowest BCUT2D eigenvalue weighted by Crippen LogP contribution is -2.11. The zero-order chi connectivity index (χ0) is 17.4. The number of fused-ring (bicyclic) bond motifs is 1. The van der Waals surface area contributed by atoms with E-state index in [2.05, 4.69) is 20.6 Å². The van der Waals surface area contributed by atoms with Crippen molar-refractivity contribution in [2.45, 2.75) is 6.92 Å². The van der Waals surface area contributed by atoms with E-state index in [1.807, 2.05) is 13.0 Å². The molecule has 9 heteroatoms. The quantitative estimate of drug-likeness (QED) is 0.605. The maximum atomic E-state index is 12.2. The number of amides is 1. The highest BCUT2D eigenvalue weighted by Gasteiger charge is 2.15. The third-order valence-corrected chi connectivity index (χ3v) is 4.53. The predicted molar refractivity (Wildman–Crippen MR) is 92.0 cm³/mol. The molecule has 3 aromatic heterocycles. The Kier molecular flexibility index (Phi) is 3.69. The number of hydrogen-bond acceptors (Lipinski definition) is 7. The highest BCUT2D eigenvalue weighted by atomic mass is 32.1. The van der Waals surface area contributed by atoms with Gasteiger partial charge in [-0.15, -0.1) is 10.2 Å². The lowest BCUT2D eigenvalue weighted by molar-refractivity contribution is 0.0996. The van der Waals surface area contributed by atoms with Crippen LogP contribution in [0.15, 0.2) is 41.0 Å². The molecule has 0 aliphatic carbocycles. The molecule has 1 amide bonds. The molecule has 3 heterocycles. The predicted octanol–water partition coefficient (Wildman–Crippen LogP) is 3.02. The van der Waals surface area contributed by atoms with Crippen LogP contribution >= 0.6 is 11.3 Å². The lowest BCUT2D eigenvalue weighted by atomic mass is 10.2. The van der Waals surface area contributed by atoms with Crippen LogP contribution in [0.3, 0.4) is 0 Å². The number of rotatable bonds is 4. The summed E-state index contributed by atoms with van der Waals surface area (Å²) in [5, 5.41) is 16.1. The molecule has 4 aromatic rings. The third kappa shape index (κ3) is 2.74. The Balaban J connectivity index is 1.71. The zero-order valence-corrected chi connectivity index (χ0v) is 14.2. The fourth-order valence-corrected chi connectivity index (χ4v) is 3.24. The van der Waals surface area contributed by atoms with Gasteiger partial charge in [0.2, 0.25) is 4.96 Å². The molecule has 0 saturated carbocycles. The van der Waals surface area contributed by atoms with Crippen LogP contribution in [0.5, 0.6) is 5.75 Å². The number of benzene rings is 1. The molecule has 0 aliphatic rings. The number of ether oxygens (including phenoxy) is 1. The molecule has 0 atom stereocenters. The molecular formula is C16H13N5O3S. The van der Waals surface area contributed by atoms with E-state index in [1.54, 1.807) is 35.9 Å². The molecule has 126 valence electrons. The molecule has 0 radical (unpaired) electrons. The fraction of sp³-hybridized carbons (Fsp3) is 0.125. The molecule has 25 heavy (non-hydrogen) atoms. The van der Waals surface area contributed by atoms with E-state index in [0.717, 1.165) is 16.4 Å². The largest absolute Gasteiger partial charge is 0.495 e. The normalized spacial score (nSPS) is 11.0. The van der Waals surface area contributed by atoms with Gasteiger partial charge < -0.3 is 14.5 Å². The van der Waals surface area contributed by atoms with Gasteiger partial charge in [-0.3, -0.25) is 4.79 Å². The number of methoxy groups -OCH3 is 1. The second-order valence-corrected chi connectivity index (χ2v) is 6.15. The van der Waals surface area contributed by atoms with Gasteiger partial charge in [-0.05, 0) is 37.3 Å². The van der Waals surface area contributed by atoms with Gasteiger partial charge in [0.1, 0.15) is 10.8 Å². The van der Waals surface area contributed by atoms with Gasteiger partial charge in [0.15, 0.2) is 11.6 Å². The van der Waals surface area contributed by atoms with E-state index in [4.69, 9.17) is 9.15 Å². The number of hydrogen-bond donors (Lipinski definition) is 1. The number of anilines is 1. The summed E-state index contributed by atoms with van der Waals surface area (Å²) < 4.78 is 12.1. The van der Waals surface area contributed by atoms with Crippen molar-refractivity contribution in [1.82, 2.24) is 19.8 Å². The zero-order valence-electron chi connectivity index (χ0n) is 13.4. The summed E-state index contributed by atoms with van der Waals surface area (Å²) in [6.07, 6.45) is 1.45. The van der Waals surface area contributed by atoms with Crippen molar-refractivity contribution in [1.29, 1.82) is 0 Å². The SMILES string of the molecule is COc1ccc(-c2nn3c(C)nnc3s2)cc1NC(=O)c1ccco1. The van der Waals surface area contributed by atoms with Gasteiger partial charge in [-0.1, -0.05) is 11.3 Å². The maximum Gasteiger partial charge on any atom is 0.291 e. The number of nitrogens with zero attached hydrogens (tertiary/aromatic N) is 4. The molecule has 0 spiro atoms. The number of carbonyl (C=O) groups is 1. The average Bonchev–Trinajstić information content (AvgIpc) is 3.34. The van der Waals surface area contributed by atoms with Crippen LogP contribution in [-0.2, 0) is 0 Å². The number of aromatic nitrogens is 4. The molecule has 0 unspecified atom stereocenters. The summed E-state index contributed by atoms with van der Waals surface area (Å²) in [4.78, 5) is 13.0. The second kappa shape index (κ2) is 6.02. The highest BCUT2D eigenvalue weighted by Crippen LogP contribution is 2.33. The fourth-order valence-electron chi connectivity index (χ4n) is 2.36. The number of nitrogens with one attached hydrogen (secondary N) is 1. The molecule has 4 rings (SSSR count). The Labute approximate surface area is 146 Å². The smallest absolute Gasteiger partial charge is 0.291 e. The maximum absolute atomic E-state index is 12.2. The van der Waals surface area contributed by atoms with Gasteiger partial charge in [-0.25, -0.2) is 0 Å². The van der Waals surface area contributed by atoms with Crippen LogP contribution in [0.4, 0.5) is 5.69 Å². The summed E-state index contributed by atoms with van der Waals surface area (Å²) in [6.45, 7) is 1.84. The lowest BCUT2D eigenvalue weighted by Gasteiger charge is -2.10. The van der Waals surface area contributed by atoms with E-state index >= 15 is 0 Å². The monoisotopic (exact) mass is 355 g/mol. The van der Waals surface area contributed by atoms with Crippen LogP contribution in [0.25, 0.3) is 15.5 Å². The number of aryl methyl sites for hydroxylation is 1. The molecule has 0 fully saturated rings. The van der Waals surface area contributed by atoms with E-state index in [1.165, 1.54) is 17.6 Å².